The number of hydrogen-bond acceptors (Lipinski definition) is 4. The van der Waals surface area contributed by atoms with Crippen molar-refractivity contribution in [2.45, 2.75) is 18.9 Å². The van der Waals surface area contributed by atoms with Gasteiger partial charge in [-0.15, -0.1) is 11.3 Å². The van der Waals surface area contributed by atoms with Crippen molar-refractivity contribution >= 4 is 11.3 Å². The fourth-order valence-corrected chi connectivity index (χ4v) is 3.80. The largest absolute Gasteiger partial charge is 0.355 e. The maximum Gasteiger partial charge on any atom is 0.177 e. The van der Waals surface area contributed by atoms with Crippen LogP contribution in [-0.2, 0) is 6.54 Å². The van der Waals surface area contributed by atoms with E-state index in [0.29, 0.717) is 5.92 Å². The second kappa shape index (κ2) is 6.07. The lowest BCUT2D eigenvalue weighted by molar-refractivity contribution is 0.311. The molecule has 1 fully saturated rings. The van der Waals surface area contributed by atoms with Crippen molar-refractivity contribution in [3.05, 3.63) is 65.2 Å². The average Bonchev–Trinajstić information content (AvgIpc) is 3.30. The lowest BCUT2D eigenvalue weighted by Crippen LogP contribution is -2.19. The molecule has 1 aliphatic rings. The molecule has 2 aromatic heterocycles. The van der Waals surface area contributed by atoms with Gasteiger partial charge in [0.25, 0.3) is 0 Å². The Kier molecular flexibility index (Phi) is 3.79. The highest BCUT2D eigenvalue weighted by Gasteiger charge is 2.24. The Morgan fingerprint density at radius 1 is 1.18 bits per heavy atom. The number of aromatic nitrogens is 1. The summed E-state index contributed by atoms with van der Waals surface area (Å²) in [6, 6.07) is 17.0. The summed E-state index contributed by atoms with van der Waals surface area (Å²) in [5, 5.41) is 6.28. The van der Waals surface area contributed by atoms with Gasteiger partial charge in [-0.3, -0.25) is 4.90 Å². The van der Waals surface area contributed by atoms with Crippen LogP contribution in [0.4, 0.5) is 0 Å². The molecule has 3 aromatic rings. The third-order valence-electron chi connectivity index (χ3n) is 4.25. The fraction of sp³-hybridized carbons (Fsp3) is 0.278. The number of likely N-dealkylation sites (tertiary alicyclic amines) is 1. The Labute approximate surface area is 134 Å². The minimum atomic E-state index is 0.643. The normalized spacial score (nSPS) is 18.8. The first-order chi connectivity index (χ1) is 10.9. The van der Waals surface area contributed by atoms with Gasteiger partial charge in [0.15, 0.2) is 5.76 Å². The van der Waals surface area contributed by atoms with E-state index < -0.39 is 0 Å². The maximum absolute atomic E-state index is 5.46. The van der Waals surface area contributed by atoms with Gasteiger partial charge in [0.05, 0.1) is 10.6 Å². The van der Waals surface area contributed by atoms with Crippen molar-refractivity contribution in [1.29, 1.82) is 0 Å². The molecule has 0 aliphatic carbocycles. The van der Waals surface area contributed by atoms with E-state index in [-0.39, 0.29) is 0 Å². The average molecular weight is 310 g/mol. The predicted octanol–water partition coefficient (Wildman–Crippen LogP) is 4.39. The summed E-state index contributed by atoms with van der Waals surface area (Å²) < 4.78 is 5.46. The van der Waals surface area contributed by atoms with Crippen LogP contribution in [0.1, 0.15) is 23.6 Å². The third kappa shape index (κ3) is 2.85. The van der Waals surface area contributed by atoms with Crippen molar-refractivity contribution < 1.29 is 4.52 Å². The fourth-order valence-electron chi connectivity index (χ4n) is 3.12. The smallest absolute Gasteiger partial charge is 0.177 e. The highest BCUT2D eigenvalue weighted by Crippen LogP contribution is 2.29. The first-order valence-corrected chi connectivity index (χ1v) is 8.53. The van der Waals surface area contributed by atoms with E-state index in [1.54, 1.807) is 11.3 Å². The quantitative estimate of drug-likeness (QED) is 0.715. The molecule has 1 atom stereocenters. The summed E-state index contributed by atoms with van der Waals surface area (Å²) in [5.41, 5.74) is 2.47. The van der Waals surface area contributed by atoms with Crippen LogP contribution < -0.4 is 0 Å². The van der Waals surface area contributed by atoms with E-state index in [1.165, 1.54) is 12.0 Å². The summed E-state index contributed by atoms with van der Waals surface area (Å²) >= 11 is 1.68. The molecule has 1 unspecified atom stereocenters. The number of nitrogens with zero attached hydrogens (tertiary/aromatic N) is 2. The van der Waals surface area contributed by atoms with Crippen LogP contribution in [0.2, 0.25) is 0 Å². The van der Waals surface area contributed by atoms with Crippen molar-refractivity contribution in [3.63, 3.8) is 0 Å². The molecule has 1 saturated heterocycles. The minimum Gasteiger partial charge on any atom is -0.355 e. The van der Waals surface area contributed by atoms with E-state index in [1.807, 2.05) is 6.07 Å². The van der Waals surface area contributed by atoms with Crippen LogP contribution in [0.3, 0.4) is 0 Å². The van der Waals surface area contributed by atoms with E-state index in [0.717, 1.165) is 36.0 Å². The molecule has 0 saturated carbocycles. The second-order valence-electron chi connectivity index (χ2n) is 5.79. The van der Waals surface area contributed by atoms with Gasteiger partial charge >= 0.3 is 0 Å². The van der Waals surface area contributed by atoms with Crippen molar-refractivity contribution in [3.8, 4) is 10.6 Å². The molecule has 1 aliphatic heterocycles. The number of thiophene rings is 1. The number of rotatable bonds is 4. The zero-order valence-electron chi connectivity index (χ0n) is 12.3. The minimum absolute atomic E-state index is 0.643. The number of benzene rings is 1. The van der Waals surface area contributed by atoms with Gasteiger partial charge in [-0.2, -0.15) is 0 Å². The van der Waals surface area contributed by atoms with Crippen LogP contribution in [0.5, 0.6) is 0 Å². The van der Waals surface area contributed by atoms with Crippen molar-refractivity contribution in [1.82, 2.24) is 10.1 Å². The van der Waals surface area contributed by atoms with Crippen LogP contribution in [0.25, 0.3) is 10.6 Å². The van der Waals surface area contributed by atoms with E-state index >= 15 is 0 Å². The highest BCUT2D eigenvalue weighted by atomic mass is 32.1. The molecule has 112 valence electrons. The number of hydrogen-bond donors (Lipinski definition) is 0. The van der Waals surface area contributed by atoms with E-state index in [2.05, 4.69) is 57.9 Å². The molecule has 0 bridgehead atoms. The summed E-state index contributed by atoms with van der Waals surface area (Å²) in [7, 11) is 0. The monoisotopic (exact) mass is 310 g/mol. The molecule has 0 spiro atoms. The Balaban J connectivity index is 1.41. The van der Waals surface area contributed by atoms with Gasteiger partial charge in [-0.25, -0.2) is 0 Å². The van der Waals surface area contributed by atoms with Crippen LogP contribution in [0, 0.1) is 0 Å². The van der Waals surface area contributed by atoms with Gasteiger partial charge in [0.2, 0.25) is 0 Å². The maximum atomic E-state index is 5.46. The molecule has 0 amide bonds. The van der Waals surface area contributed by atoms with E-state index in [4.69, 9.17) is 4.52 Å². The Morgan fingerprint density at radius 3 is 2.91 bits per heavy atom. The SMILES string of the molecule is c1ccc(C2CCN(Cc3cc(-c4cccs4)on3)C2)cc1. The van der Waals surface area contributed by atoms with Crippen LogP contribution in [0.15, 0.2) is 58.4 Å². The first-order valence-electron chi connectivity index (χ1n) is 7.65. The molecule has 4 heteroatoms. The zero-order chi connectivity index (χ0) is 14.8. The molecule has 0 N–H and O–H groups in total. The topological polar surface area (TPSA) is 29.3 Å². The van der Waals surface area contributed by atoms with Gasteiger partial charge in [0.1, 0.15) is 0 Å². The molecule has 1 aromatic carbocycles. The van der Waals surface area contributed by atoms with Crippen LogP contribution >= 0.6 is 11.3 Å². The predicted molar refractivity (Wildman–Crippen MR) is 88.9 cm³/mol. The van der Waals surface area contributed by atoms with Crippen molar-refractivity contribution in [2.75, 3.05) is 13.1 Å². The Hall–Kier alpha value is -1.91. The summed E-state index contributed by atoms with van der Waals surface area (Å²) in [4.78, 5) is 3.61. The molecular formula is C18H18N2OS. The molecular weight excluding hydrogens is 292 g/mol. The van der Waals surface area contributed by atoms with Gasteiger partial charge < -0.3 is 4.52 Å². The van der Waals surface area contributed by atoms with Gasteiger partial charge in [-0.1, -0.05) is 41.6 Å². The molecule has 0 radical (unpaired) electrons. The summed E-state index contributed by atoms with van der Waals surface area (Å²) in [6.07, 6.45) is 1.22. The Morgan fingerprint density at radius 2 is 2.09 bits per heavy atom. The summed E-state index contributed by atoms with van der Waals surface area (Å²) in [6.45, 7) is 3.10. The van der Waals surface area contributed by atoms with Gasteiger partial charge in [0, 0.05) is 19.2 Å². The van der Waals surface area contributed by atoms with Crippen molar-refractivity contribution in [2.24, 2.45) is 0 Å². The standard InChI is InChI=1S/C18H18N2OS/c1-2-5-14(6-3-1)15-8-9-20(12-15)13-16-11-17(21-19-16)18-7-4-10-22-18/h1-7,10-11,15H,8-9,12-13H2. The first kappa shape index (κ1) is 13.7. The van der Waals surface area contributed by atoms with E-state index in [9.17, 15) is 0 Å². The molecule has 22 heavy (non-hydrogen) atoms. The molecule has 3 nitrogen and oxygen atoms in total. The second-order valence-corrected chi connectivity index (χ2v) is 6.74. The van der Waals surface area contributed by atoms with Gasteiger partial charge in [-0.05, 0) is 35.9 Å². The van der Waals surface area contributed by atoms with Crippen LogP contribution in [-0.4, -0.2) is 23.1 Å². The lowest BCUT2D eigenvalue weighted by atomic mass is 9.99. The molecule has 4 rings (SSSR count). The summed E-state index contributed by atoms with van der Waals surface area (Å²) in [5.74, 6) is 1.52. The Bertz CT molecular complexity index is 721. The lowest BCUT2D eigenvalue weighted by Gasteiger charge is -2.14. The zero-order valence-corrected chi connectivity index (χ0v) is 13.1. The molecule has 3 heterocycles. The highest BCUT2D eigenvalue weighted by molar-refractivity contribution is 7.13. The third-order valence-corrected chi connectivity index (χ3v) is 5.14.